The molecule has 2 amide bonds. The number of carboxylic acid groups (broad SMARTS) is 1. The topological polar surface area (TPSA) is 139 Å². The highest BCUT2D eigenvalue weighted by molar-refractivity contribution is 5.86. The molecule has 2 fully saturated rings. The molecule has 1 aromatic carbocycles. The molecule has 0 unspecified atom stereocenters. The molecule has 2 atom stereocenters. The number of benzene rings is 1. The standard InChI is InChI=1S/C21H26N2O7/c1-12(24)15-4-2-6-22(15)19(27)10-13-8-18(26)14(9-17(13)25)11-20(28)23-7-3-5-16(23)21(29)30/h8-9,15-16,24-26H,1-7,10-11H2,(H,29,30)/t15-,16-/m1/s1. The zero-order valence-corrected chi connectivity index (χ0v) is 16.6. The number of rotatable bonds is 6. The van der Waals surface area contributed by atoms with Crippen molar-refractivity contribution in [1.82, 2.24) is 9.80 Å². The Balaban J connectivity index is 1.71. The minimum Gasteiger partial charge on any atom is -0.511 e. The number of nitrogens with zero attached hydrogens (tertiary/aromatic N) is 2. The second-order valence-electron chi connectivity index (χ2n) is 7.78. The maximum atomic E-state index is 12.6. The van der Waals surface area contributed by atoms with E-state index in [1.165, 1.54) is 21.9 Å². The molecule has 30 heavy (non-hydrogen) atoms. The molecule has 2 saturated heterocycles. The van der Waals surface area contributed by atoms with Gasteiger partial charge in [-0.1, -0.05) is 6.58 Å². The van der Waals surface area contributed by atoms with Gasteiger partial charge in [-0.3, -0.25) is 9.59 Å². The highest BCUT2D eigenvalue weighted by atomic mass is 16.4. The number of carbonyl (C=O) groups is 3. The number of aliphatic hydroxyl groups excluding tert-OH is 1. The SMILES string of the molecule is C=C(O)[C@H]1CCCN1C(=O)Cc1cc(O)c(CC(=O)N2CCC[C@@H]2C(=O)O)cc1O. The molecule has 9 nitrogen and oxygen atoms in total. The van der Waals surface area contributed by atoms with Crippen LogP contribution in [0.4, 0.5) is 0 Å². The predicted octanol–water partition coefficient (Wildman–Crippen LogP) is 1.32. The summed E-state index contributed by atoms with van der Waals surface area (Å²) in [6, 6.07) is 1.15. The summed E-state index contributed by atoms with van der Waals surface area (Å²) in [5, 5.41) is 39.5. The Morgan fingerprint density at radius 2 is 1.30 bits per heavy atom. The molecule has 0 bridgehead atoms. The number of carbonyl (C=O) groups excluding carboxylic acids is 2. The average Bonchev–Trinajstić information content (AvgIpc) is 3.34. The molecule has 162 valence electrons. The van der Waals surface area contributed by atoms with Crippen LogP contribution in [0.5, 0.6) is 11.5 Å². The van der Waals surface area contributed by atoms with Crippen LogP contribution in [0.15, 0.2) is 24.5 Å². The van der Waals surface area contributed by atoms with E-state index in [9.17, 15) is 34.8 Å². The molecule has 0 spiro atoms. The molecule has 0 aliphatic carbocycles. The monoisotopic (exact) mass is 418 g/mol. The van der Waals surface area contributed by atoms with Crippen LogP contribution in [0.25, 0.3) is 0 Å². The number of phenolic OH excluding ortho intramolecular Hbond substituents is 2. The first-order valence-electron chi connectivity index (χ1n) is 9.92. The van der Waals surface area contributed by atoms with Crippen molar-refractivity contribution in [3.63, 3.8) is 0 Å². The molecule has 0 aromatic heterocycles. The molecule has 1 aromatic rings. The van der Waals surface area contributed by atoms with E-state index in [0.29, 0.717) is 32.4 Å². The molecule has 0 radical (unpaired) electrons. The number of aliphatic carboxylic acids is 1. The van der Waals surface area contributed by atoms with Crippen molar-refractivity contribution in [3.8, 4) is 11.5 Å². The summed E-state index contributed by atoms with van der Waals surface area (Å²) in [4.78, 5) is 39.1. The third-order valence-corrected chi connectivity index (χ3v) is 5.78. The maximum absolute atomic E-state index is 12.6. The fourth-order valence-electron chi connectivity index (χ4n) is 4.21. The van der Waals surface area contributed by atoms with Gasteiger partial charge >= 0.3 is 5.97 Å². The van der Waals surface area contributed by atoms with Gasteiger partial charge in [0.05, 0.1) is 18.9 Å². The summed E-state index contributed by atoms with van der Waals surface area (Å²) in [5.41, 5.74) is 0.361. The summed E-state index contributed by atoms with van der Waals surface area (Å²) in [7, 11) is 0. The van der Waals surface area contributed by atoms with Gasteiger partial charge in [0.2, 0.25) is 11.8 Å². The number of likely N-dealkylation sites (tertiary alicyclic amines) is 2. The predicted molar refractivity (Wildman–Crippen MR) is 106 cm³/mol. The number of amides is 2. The van der Waals surface area contributed by atoms with Crippen molar-refractivity contribution in [2.75, 3.05) is 13.1 Å². The van der Waals surface area contributed by atoms with Gasteiger partial charge in [-0.15, -0.1) is 0 Å². The van der Waals surface area contributed by atoms with Gasteiger partial charge in [-0.25, -0.2) is 4.79 Å². The Morgan fingerprint density at radius 3 is 1.73 bits per heavy atom. The normalized spacial score (nSPS) is 21.1. The number of phenols is 2. The quantitative estimate of drug-likeness (QED) is 0.404. The molecular weight excluding hydrogens is 392 g/mol. The van der Waals surface area contributed by atoms with Crippen molar-refractivity contribution >= 4 is 17.8 Å². The van der Waals surface area contributed by atoms with Gasteiger partial charge < -0.3 is 30.2 Å². The third kappa shape index (κ3) is 4.34. The second-order valence-corrected chi connectivity index (χ2v) is 7.78. The van der Waals surface area contributed by atoms with Crippen molar-refractivity contribution in [2.45, 2.75) is 50.6 Å². The van der Waals surface area contributed by atoms with Crippen LogP contribution < -0.4 is 0 Å². The van der Waals surface area contributed by atoms with Crippen LogP contribution in [0.3, 0.4) is 0 Å². The third-order valence-electron chi connectivity index (χ3n) is 5.78. The first kappa shape index (κ1) is 21.5. The summed E-state index contributed by atoms with van der Waals surface area (Å²) in [6.45, 7) is 4.31. The summed E-state index contributed by atoms with van der Waals surface area (Å²) in [5.74, 6) is -2.39. The fraction of sp³-hybridized carbons (Fsp3) is 0.476. The molecular formula is C21H26N2O7. The molecule has 2 heterocycles. The Kier molecular flexibility index (Phi) is 6.19. The molecule has 2 aliphatic heterocycles. The van der Waals surface area contributed by atoms with E-state index in [4.69, 9.17) is 0 Å². The molecule has 0 saturated carbocycles. The van der Waals surface area contributed by atoms with Gasteiger partial charge in [-0.2, -0.15) is 0 Å². The van der Waals surface area contributed by atoms with E-state index in [-0.39, 0.29) is 47.1 Å². The van der Waals surface area contributed by atoms with Crippen LogP contribution >= 0.6 is 0 Å². The zero-order chi connectivity index (χ0) is 22.0. The summed E-state index contributed by atoms with van der Waals surface area (Å²) in [6.07, 6.45) is 1.91. The maximum Gasteiger partial charge on any atom is 0.326 e. The fourth-order valence-corrected chi connectivity index (χ4v) is 4.21. The minimum atomic E-state index is -1.06. The smallest absolute Gasteiger partial charge is 0.326 e. The molecule has 4 N–H and O–H groups in total. The van der Waals surface area contributed by atoms with E-state index in [1.807, 2.05) is 0 Å². The Hall–Kier alpha value is -3.23. The lowest BCUT2D eigenvalue weighted by Gasteiger charge is -2.24. The van der Waals surface area contributed by atoms with E-state index in [1.54, 1.807) is 0 Å². The van der Waals surface area contributed by atoms with E-state index in [0.717, 1.165) is 6.42 Å². The zero-order valence-electron chi connectivity index (χ0n) is 16.6. The van der Waals surface area contributed by atoms with E-state index < -0.39 is 24.0 Å². The van der Waals surface area contributed by atoms with Gasteiger partial charge in [0.25, 0.3) is 0 Å². The van der Waals surface area contributed by atoms with Crippen LogP contribution in [0.2, 0.25) is 0 Å². The highest BCUT2D eigenvalue weighted by Crippen LogP contribution is 2.31. The van der Waals surface area contributed by atoms with Gasteiger partial charge in [0, 0.05) is 24.2 Å². The van der Waals surface area contributed by atoms with Crippen molar-refractivity contribution in [1.29, 1.82) is 0 Å². The van der Waals surface area contributed by atoms with Crippen LogP contribution in [0, 0.1) is 0 Å². The Morgan fingerprint density at radius 1 is 0.867 bits per heavy atom. The summed E-state index contributed by atoms with van der Waals surface area (Å²) < 4.78 is 0. The number of aliphatic hydroxyl groups is 1. The molecule has 9 heteroatoms. The first-order valence-corrected chi connectivity index (χ1v) is 9.92. The lowest BCUT2D eigenvalue weighted by Crippen LogP contribution is -2.41. The van der Waals surface area contributed by atoms with Gasteiger partial charge in [0.15, 0.2) is 0 Å². The van der Waals surface area contributed by atoms with Crippen LogP contribution in [0.1, 0.15) is 36.8 Å². The lowest BCUT2D eigenvalue weighted by atomic mass is 10.0. The average molecular weight is 418 g/mol. The van der Waals surface area contributed by atoms with Crippen molar-refractivity contribution in [2.24, 2.45) is 0 Å². The summed E-state index contributed by atoms with van der Waals surface area (Å²) >= 11 is 0. The largest absolute Gasteiger partial charge is 0.511 e. The van der Waals surface area contributed by atoms with Gasteiger partial charge in [-0.05, 0) is 37.8 Å². The Bertz CT molecular complexity index is 811. The minimum absolute atomic E-state index is 0.0802. The second kappa shape index (κ2) is 8.64. The number of aromatic hydroxyl groups is 2. The Labute approximate surface area is 173 Å². The lowest BCUT2D eigenvalue weighted by molar-refractivity contribution is -0.148. The van der Waals surface area contributed by atoms with E-state index >= 15 is 0 Å². The number of carboxylic acids is 1. The van der Waals surface area contributed by atoms with Crippen LogP contribution in [-0.2, 0) is 27.2 Å². The number of hydrogen-bond acceptors (Lipinski definition) is 6. The van der Waals surface area contributed by atoms with Gasteiger partial charge in [0.1, 0.15) is 23.3 Å². The number of hydrogen-bond donors (Lipinski definition) is 4. The van der Waals surface area contributed by atoms with E-state index in [2.05, 4.69) is 6.58 Å². The molecule has 3 rings (SSSR count). The molecule has 2 aliphatic rings. The van der Waals surface area contributed by atoms with Crippen molar-refractivity contribution in [3.05, 3.63) is 35.6 Å². The van der Waals surface area contributed by atoms with Crippen LogP contribution in [-0.4, -0.2) is 73.2 Å². The first-order chi connectivity index (χ1) is 14.2. The highest BCUT2D eigenvalue weighted by Gasteiger charge is 2.34. The van der Waals surface area contributed by atoms with Crippen molar-refractivity contribution < 1.29 is 34.8 Å².